The molecule has 0 saturated carbocycles. The van der Waals surface area contributed by atoms with E-state index in [1.165, 1.54) is 0 Å². The summed E-state index contributed by atoms with van der Waals surface area (Å²) in [6.45, 7) is 8.37. The highest BCUT2D eigenvalue weighted by molar-refractivity contribution is 6.34. The lowest BCUT2D eigenvalue weighted by atomic mass is 9.99. The molecule has 0 spiro atoms. The topological polar surface area (TPSA) is 35.1 Å². The van der Waals surface area contributed by atoms with Crippen LogP contribution in [-0.4, -0.2) is 8.80 Å². The fourth-order valence-electron chi connectivity index (χ4n) is 6.38. The molecule has 0 atom stereocenters. The van der Waals surface area contributed by atoms with Gasteiger partial charge in [-0.1, -0.05) is 64.0 Å². The molecule has 9 aromatic rings. The van der Waals surface area contributed by atoms with Crippen molar-refractivity contribution in [2.75, 3.05) is 0 Å². The minimum Gasteiger partial charge on any atom is -0.452 e. The van der Waals surface area contributed by atoms with Gasteiger partial charge in [0, 0.05) is 10.8 Å². The summed E-state index contributed by atoms with van der Waals surface area (Å²) in [5, 5.41) is 2.78. The van der Waals surface area contributed by atoms with Gasteiger partial charge in [-0.05, 0) is 71.4 Å². The van der Waals surface area contributed by atoms with Crippen LogP contribution in [0.4, 0.5) is 0 Å². The molecule has 4 aromatic heterocycles. The number of aromatic nitrogens is 2. The first-order valence-corrected chi connectivity index (χ1v) is 13.5. The number of rotatable bonds is 2. The van der Waals surface area contributed by atoms with Crippen LogP contribution in [0.25, 0.3) is 77.0 Å². The minimum atomic E-state index is -0.399. The quantitative estimate of drug-likeness (QED) is 0.209. The number of para-hydroxylation sites is 4. The van der Waals surface area contributed by atoms with E-state index in [1.54, 1.807) is 0 Å². The van der Waals surface area contributed by atoms with E-state index in [4.69, 9.17) is 19.8 Å². The van der Waals surface area contributed by atoms with Crippen LogP contribution in [0.2, 0.25) is 0 Å². The van der Waals surface area contributed by atoms with E-state index in [9.17, 15) is 0 Å². The van der Waals surface area contributed by atoms with Crippen LogP contribution in [-0.2, 0) is 0 Å². The van der Waals surface area contributed by atoms with E-state index in [-0.39, 0.29) is 70.3 Å². The van der Waals surface area contributed by atoms with Gasteiger partial charge in [0.15, 0.2) is 22.3 Å². The van der Waals surface area contributed by atoms with E-state index >= 15 is 0 Å². The molecule has 194 valence electrons. The fourth-order valence-corrected chi connectivity index (χ4v) is 6.38. The summed E-state index contributed by atoms with van der Waals surface area (Å²) in [4.78, 5) is 0. The Bertz CT molecular complexity index is 2740. The van der Waals surface area contributed by atoms with E-state index in [1.807, 2.05) is 33.1 Å². The van der Waals surface area contributed by atoms with Crippen LogP contribution in [0, 0.1) is 0 Å². The molecular weight excluding hydrogens is 492 g/mol. The maximum atomic E-state index is 9.00. The van der Waals surface area contributed by atoms with Crippen LogP contribution in [0.3, 0.4) is 0 Å². The predicted molar refractivity (Wildman–Crippen MR) is 166 cm³/mol. The molecule has 9 rings (SSSR count). The Hall–Kier alpha value is -4.70. The van der Waals surface area contributed by atoms with Crippen molar-refractivity contribution in [2.24, 2.45) is 0 Å². The van der Waals surface area contributed by atoms with Gasteiger partial charge in [0.2, 0.25) is 0 Å². The standard InChI is InChI=1S/C36H28N2O2/c1-19(2)21-13-15-25-23(17-21)31-33-36(40-29-11-7-5-9-27(29)37(25)33)32-24-18-22(20(3)4)14-16-26(24)38-28-10-6-8-12-30(28)39-35(31)34(32)38/h5-20H,1-4H3/i5D,6D,7D,8D,9D,10D,11D,12D. The predicted octanol–water partition coefficient (Wildman–Crippen LogP) is 10.5. The Balaban J connectivity index is 1.74. The van der Waals surface area contributed by atoms with Crippen LogP contribution in [0.5, 0.6) is 0 Å². The second-order valence-electron chi connectivity index (χ2n) is 11.2. The highest BCUT2D eigenvalue weighted by atomic mass is 16.3. The van der Waals surface area contributed by atoms with Crippen LogP contribution >= 0.6 is 0 Å². The molecule has 0 saturated heterocycles. The lowest BCUT2D eigenvalue weighted by Gasteiger charge is -2.11. The van der Waals surface area contributed by atoms with Gasteiger partial charge >= 0.3 is 0 Å². The number of hydrogen-bond acceptors (Lipinski definition) is 2. The van der Waals surface area contributed by atoms with Crippen molar-refractivity contribution in [3.63, 3.8) is 0 Å². The van der Waals surface area contributed by atoms with Gasteiger partial charge in [-0.2, -0.15) is 0 Å². The molecule has 0 N–H and O–H groups in total. The molecule has 4 heterocycles. The first-order chi connectivity index (χ1) is 22.8. The third-order valence-corrected chi connectivity index (χ3v) is 8.32. The fraction of sp³-hybridized carbons (Fsp3) is 0.167. The molecule has 4 nitrogen and oxygen atoms in total. The van der Waals surface area contributed by atoms with Crippen molar-refractivity contribution in [2.45, 2.75) is 39.5 Å². The monoisotopic (exact) mass is 528 g/mol. The zero-order valence-corrected chi connectivity index (χ0v) is 22.3. The second kappa shape index (κ2) is 7.48. The summed E-state index contributed by atoms with van der Waals surface area (Å²) in [5.74, 6) is 0.348. The summed E-state index contributed by atoms with van der Waals surface area (Å²) in [6, 6.07) is 9.45. The molecule has 0 bridgehead atoms. The lowest BCUT2D eigenvalue weighted by Crippen LogP contribution is -1.93. The van der Waals surface area contributed by atoms with Crippen LogP contribution < -0.4 is 0 Å². The minimum absolute atomic E-state index is 0.00972. The third kappa shape index (κ3) is 2.61. The highest BCUT2D eigenvalue weighted by Crippen LogP contribution is 2.48. The Morgan fingerprint density at radius 1 is 0.575 bits per heavy atom. The van der Waals surface area contributed by atoms with E-state index in [2.05, 4.69) is 39.8 Å². The number of benzene rings is 5. The Morgan fingerprint density at radius 3 is 1.43 bits per heavy atom. The molecular formula is C36H28N2O2. The maximum absolute atomic E-state index is 9.00. The van der Waals surface area contributed by atoms with Crippen LogP contribution in [0.15, 0.2) is 93.6 Å². The Kier molecular flexibility index (Phi) is 2.95. The molecule has 0 aliphatic heterocycles. The van der Waals surface area contributed by atoms with E-state index in [0.717, 1.165) is 21.9 Å². The number of fused-ring (bicyclic) bond motifs is 12. The molecule has 0 aliphatic carbocycles. The highest BCUT2D eigenvalue weighted by Gasteiger charge is 2.27. The maximum Gasteiger partial charge on any atom is 0.162 e. The zero-order chi connectivity index (χ0) is 33.8. The molecule has 0 amide bonds. The van der Waals surface area contributed by atoms with Gasteiger partial charge in [0.1, 0.15) is 11.0 Å². The molecule has 5 aromatic carbocycles. The van der Waals surface area contributed by atoms with Gasteiger partial charge < -0.3 is 17.6 Å². The Labute approximate surface area is 241 Å². The van der Waals surface area contributed by atoms with Gasteiger partial charge in [0.25, 0.3) is 0 Å². The van der Waals surface area contributed by atoms with Crippen molar-refractivity contribution >= 4 is 77.0 Å². The Morgan fingerprint density at radius 2 is 1.00 bits per heavy atom. The molecule has 0 unspecified atom stereocenters. The van der Waals surface area contributed by atoms with Crippen molar-refractivity contribution in [3.8, 4) is 0 Å². The molecule has 0 aliphatic rings. The largest absolute Gasteiger partial charge is 0.452 e. The van der Waals surface area contributed by atoms with Crippen molar-refractivity contribution in [1.82, 2.24) is 8.80 Å². The van der Waals surface area contributed by atoms with E-state index < -0.39 is 12.1 Å². The van der Waals surface area contributed by atoms with Crippen molar-refractivity contribution < 1.29 is 19.8 Å². The molecule has 40 heavy (non-hydrogen) atoms. The summed E-state index contributed by atoms with van der Waals surface area (Å²) in [5.41, 5.74) is 5.79. The summed E-state index contributed by atoms with van der Waals surface area (Å²) in [7, 11) is 0. The van der Waals surface area contributed by atoms with Gasteiger partial charge in [-0.3, -0.25) is 0 Å². The normalized spacial score (nSPS) is 15.8. The molecule has 0 fully saturated rings. The number of hydrogen-bond donors (Lipinski definition) is 0. The van der Waals surface area contributed by atoms with E-state index in [0.29, 0.717) is 44.0 Å². The average Bonchev–Trinajstić information content (AvgIpc) is 3.60. The lowest BCUT2D eigenvalue weighted by molar-refractivity contribution is 0.653. The summed E-state index contributed by atoms with van der Waals surface area (Å²) in [6.07, 6.45) is 0. The zero-order valence-electron chi connectivity index (χ0n) is 30.3. The summed E-state index contributed by atoms with van der Waals surface area (Å²) < 4.78 is 86.9. The number of nitrogens with zero attached hydrogens (tertiary/aromatic N) is 2. The molecule has 0 radical (unpaired) electrons. The summed E-state index contributed by atoms with van der Waals surface area (Å²) >= 11 is 0. The van der Waals surface area contributed by atoms with Gasteiger partial charge in [-0.15, -0.1) is 0 Å². The van der Waals surface area contributed by atoms with Gasteiger partial charge in [-0.25, -0.2) is 0 Å². The van der Waals surface area contributed by atoms with Crippen molar-refractivity contribution in [3.05, 3.63) is 95.9 Å². The van der Waals surface area contributed by atoms with Crippen LogP contribution in [0.1, 0.15) is 61.6 Å². The first-order valence-electron chi connectivity index (χ1n) is 17.5. The van der Waals surface area contributed by atoms with Gasteiger partial charge in [0.05, 0.1) is 43.8 Å². The SMILES string of the molecule is [2H]c1c([2H])c([2H])c2c(oc3c4c5cc(C(C)C)ccc5n5c6c([2H])c([2H])c([2H])c([2H])c6oc(c6c7cc(C(C)C)ccc7n2c36)c45)c1[2H]. The second-order valence-corrected chi connectivity index (χ2v) is 11.2. The average molecular weight is 529 g/mol. The molecule has 4 heteroatoms. The third-order valence-electron chi connectivity index (χ3n) is 8.32. The van der Waals surface area contributed by atoms with Crippen molar-refractivity contribution in [1.29, 1.82) is 0 Å². The smallest absolute Gasteiger partial charge is 0.162 e. The first kappa shape index (κ1) is 15.8.